The summed E-state index contributed by atoms with van der Waals surface area (Å²) in [6, 6.07) is 3.22. The van der Waals surface area contributed by atoms with Gasteiger partial charge in [-0.1, -0.05) is 0 Å². The van der Waals surface area contributed by atoms with Crippen LogP contribution in [-0.4, -0.2) is 53.9 Å². The first-order valence-corrected chi connectivity index (χ1v) is 5.46. The van der Waals surface area contributed by atoms with Gasteiger partial charge in [0.05, 0.1) is 21.3 Å². The minimum Gasteiger partial charge on any atom is -0.493 e. The van der Waals surface area contributed by atoms with E-state index in [1.165, 1.54) is 21.3 Å². The van der Waals surface area contributed by atoms with E-state index in [1.807, 2.05) is 0 Å². The second-order valence-corrected chi connectivity index (χ2v) is 3.38. The van der Waals surface area contributed by atoms with Crippen LogP contribution in [0.4, 0.5) is 0 Å². The molecule has 0 spiro atoms. The maximum absolute atomic E-state index is 8.81. The summed E-state index contributed by atoms with van der Waals surface area (Å²) in [6.07, 6.45) is 0. The second kappa shape index (κ2) is 7.95. The van der Waals surface area contributed by atoms with E-state index in [-0.39, 0.29) is 0 Å². The lowest BCUT2D eigenvalue weighted by atomic mass is 9.76. The van der Waals surface area contributed by atoms with Gasteiger partial charge in [-0.2, -0.15) is 0 Å². The van der Waals surface area contributed by atoms with Gasteiger partial charge < -0.3 is 33.4 Å². The Bertz CT molecular complexity index is 372. The van der Waals surface area contributed by atoms with Crippen molar-refractivity contribution in [1.82, 2.24) is 0 Å². The van der Waals surface area contributed by atoms with Crippen molar-refractivity contribution in [1.29, 1.82) is 0 Å². The van der Waals surface area contributed by atoms with Crippen molar-refractivity contribution in [2.24, 2.45) is 0 Å². The van der Waals surface area contributed by atoms with Crippen LogP contribution >= 0.6 is 0 Å². The predicted octanol–water partition coefficient (Wildman–Crippen LogP) is -2.04. The van der Waals surface area contributed by atoms with E-state index in [2.05, 4.69) is 0 Å². The zero-order valence-electron chi connectivity index (χ0n) is 11.1. The molecular weight excluding hydrogens is 253 g/mol. The molecule has 0 aliphatic heterocycles. The monoisotopic (exact) mass is 268 g/mol. The first-order valence-electron chi connectivity index (χ1n) is 5.46. The van der Waals surface area contributed by atoms with Crippen LogP contribution < -0.4 is 19.7 Å². The Morgan fingerprint density at radius 3 is 1.68 bits per heavy atom. The van der Waals surface area contributed by atoms with Crippen molar-refractivity contribution in [2.75, 3.05) is 21.3 Å². The number of methoxy groups -OCH3 is 3. The second-order valence-electron chi connectivity index (χ2n) is 3.38. The van der Waals surface area contributed by atoms with Crippen molar-refractivity contribution in [3.05, 3.63) is 12.1 Å². The molecule has 19 heavy (non-hydrogen) atoms. The molecule has 7 nitrogen and oxygen atoms in total. The van der Waals surface area contributed by atoms with Gasteiger partial charge in [0, 0.05) is 0 Å². The summed E-state index contributed by atoms with van der Waals surface area (Å²) < 4.78 is 25.5. The molecule has 0 heterocycles. The summed E-state index contributed by atoms with van der Waals surface area (Å²) in [5.74, 6) is 1.27. The van der Waals surface area contributed by atoms with Gasteiger partial charge in [0.1, 0.15) is 0 Å². The molecule has 1 aromatic carbocycles. The summed E-state index contributed by atoms with van der Waals surface area (Å²) >= 11 is 0. The van der Waals surface area contributed by atoms with Gasteiger partial charge in [-0.25, -0.2) is 0 Å². The number of rotatable bonds is 8. The van der Waals surface area contributed by atoms with Gasteiger partial charge in [0.2, 0.25) is 5.75 Å². The van der Waals surface area contributed by atoms with Crippen molar-refractivity contribution in [3.8, 4) is 17.2 Å². The lowest BCUT2D eigenvalue weighted by molar-refractivity contribution is 0.324. The van der Waals surface area contributed by atoms with E-state index in [0.717, 1.165) is 0 Å². The summed E-state index contributed by atoms with van der Waals surface area (Å²) in [4.78, 5) is 0. The third kappa shape index (κ3) is 3.81. The lowest BCUT2D eigenvalue weighted by Crippen LogP contribution is -2.39. The van der Waals surface area contributed by atoms with E-state index in [1.54, 1.807) is 12.1 Å². The van der Waals surface area contributed by atoms with Gasteiger partial charge in [0.15, 0.2) is 11.5 Å². The Morgan fingerprint density at radius 2 is 1.37 bits per heavy atom. The predicted molar refractivity (Wildman–Crippen MR) is 72.4 cm³/mol. The summed E-state index contributed by atoms with van der Waals surface area (Å²) in [5.41, 5.74) is 0.512. The van der Waals surface area contributed by atoms with Gasteiger partial charge in [-0.3, -0.25) is 0 Å². The van der Waals surface area contributed by atoms with Crippen LogP contribution in [0.3, 0.4) is 0 Å². The Labute approximate surface area is 113 Å². The molecule has 0 atom stereocenters. The fraction of sp³-hybridized carbons (Fsp3) is 0.333. The molecule has 0 fully saturated rings. The highest BCUT2D eigenvalue weighted by Gasteiger charge is 2.25. The van der Waals surface area contributed by atoms with E-state index < -0.39 is 22.5 Å². The van der Waals surface area contributed by atoms with E-state index in [9.17, 15) is 0 Å². The van der Waals surface area contributed by atoms with Crippen LogP contribution in [0.15, 0.2) is 12.1 Å². The fourth-order valence-electron chi connectivity index (χ4n) is 1.61. The largest absolute Gasteiger partial charge is 0.493 e. The Hall–Kier alpha value is -1.35. The number of ether oxygens (including phenoxy) is 3. The highest BCUT2D eigenvalue weighted by Crippen LogP contribution is 2.35. The maximum atomic E-state index is 8.81. The van der Waals surface area contributed by atoms with Gasteiger partial charge in [-0.15, -0.1) is 0 Å². The SMILES string of the molecule is COc1cc(B(OBO)OBO)cc(OC)c1OC. The molecule has 0 aliphatic rings. The standard InChI is InChI=1S/C9H15B3O7/c1-15-7-4-6(12(18-10-13)19-11-14)5-8(16-2)9(7)17-3/h4-5,10-11,13-14H,1-3H3. The highest BCUT2D eigenvalue weighted by molar-refractivity contribution is 6.68. The first-order chi connectivity index (χ1) is 9.21. The van der Waals surface area contributed by atoms with Crippen molar-refractivity contribution in [3.63, 3.8) is 0 Å². The topological polar surface area (TPSA) is 86.6 Å². The molecule has 0 amide bonds. The molecule has 102 valence electrons. The number of benzene rings is 1. The van der Waals surface area contributed by atoms with Gasteiger partial charge in [0.25, 0.3) is 0 Å². The zero-order valence-corrected chi connectivity index (χ0v) is 11.1. The van der Waals surface area contributed by atoms with Crippen LogP contribution in [0.1, 0.15) is 0 Å². The summed E-state index contributed by atoms with van der Waals surface area (Å²) in [7, 11) is 2.41. The normalized spacial score (nSPS) is 9.74. The lowest BCUT2D eigenvalue weighted by Gasteiger charge is -2.17. The Balaban J connectivity index is 3.19. The van der Waals surface area contributed by atoms with Crippen LogP contribution in [0, 0.1) is 0 Å². The van der Waals surface area contributed by atoms with Gasteiger partial charge >= 0.3 is 22.5 Å². The minimum atomic E-state index is -0.941. The van der Waals surface area contributed by atoms with Gasteiger partial charge in [-0.05, 0) is 17.6 Å². The van der Waals surface area contributed by atoms with Crippen LogP contribution in [0.5, 0.6) is 17.2 Å². The third-order valence-corrected chi connectivity index (χ3v) is 2.41. The average molecular weight is 268 g/mol. The summed E-state index contributed by atoms with van der Waals surface area (Å²) in [5, 5.41) is 17.6. The molecule has 0 aromatic heterocycles. The molecule has 1 aromatic rings. The molecule has 0 radical (unpaired) electrons. The van der Waals surface area contributed by atoms with Crippen molar-refractivity contribution >= 4 is 28.0 Å². The van der Waals surface area contributed by atoms with Crippen LogP contribution in [0.2, 0.25) is 0 Å². The highest BCUT2D eigenvalue weighted by atomic mass is 16.6. The smallest absolute Gasteiger partial charge is 0.466 e. The molecule has 1 rings (SSSR count). The van der Waals surface area contributed by atoms with E-state index in [4.69, 9.17) is 33.4 Å². The molecule has 10 heteroatoms. The quantitative estimate of drug-likeness (QED) is 0.525. The summed E-state index contributed by atoms with van der Waals surface area (Å²) in [6.45, 7) is 0. The molecule has 0 saturated heterocycles. The number of hydrogen-bond acceptors (Lipinski definition) is 7. The fourth-order valence-corrected chi connectivity index (χ4v) is 1.61. The molecule has 0 saturated carbocycles. The van der Waals surface area contributed by atoms with E-state index >= 15 is 0 Å². The molecule has 2 N–H and O–H groups in total. The Kier molecular flexibility index (Phi) is 6.58. The average Bonchev–Trinajstić information content (AvgIpc) is 2.45. The molecule has 0 bridgehead atoms. The van der Waals surface area contributed by atoms with Crippen molar-refractivity contribution < 1.29 is 33.4 Å². The van der Waals surface area contributed by atoms with E-state index in [0.29, 0.717) is 22.7 Å². The Morgan fingerprint density at radius 1 is 0.895 bits per heavy atom. The minimum absolute atomic E-state index is 0.421. The molecular formula is C9H15B3O7. The zero-order chi connectivity index (χ0) is 14.3. The maximum Gasteiger partial charge on any atom is 0.466 e. The van der Waals surface area contributed by atoms with Crippen LogP contribution in [-0.2, 0) is 9.14 Å². The molecule has 0 unspecified atom stereocenters. The van der Waals surface area contributed by atoms with Crippen LogP contribution in [0.25, 0.3) is 0 Å². The number of hydrogen-bond donors (Lipinski definition) is 2. The third-order valence-electron chi connectivity index (χ3n) is 2.41. The molecule has 0 aliphatic carbocycles. The first kappa shape index (κ1) is 15.7. The van der Waals surface area contributed by atoms with Crippen molar-refractivity contribution in [2.45, 2.75) is 0 Å².